The number of hydrogen-bond acceptors (Lipinski definition) is 4. The van der Waals surface area contributed by atoms with Gasteiger partial charge in [-0.2, -0.15) is 0 Å². The molecule has 0 fully saturated rings. The lowest BCUT2D eigenvalue weighted by Gasteiger charge is -2.19. The Morgan fingerprint density at radius 3 is 2.44 bits per heavy atom. The fourth-order valence-electron chi connectivity index (χ4n) is 1.34. The number of rotatable bonds is 2. The zero-order valence-electron chi connectivity index (χ0n) is 11.3. The van der Waals surface area contributed by atoms with E-state index in [4.69, 9.17) is 4.74 Å². The third-order valence-corrected chi connectivity index (χ3v) is 2.02. The summed E-state index contributed by atoms with van der Waals surface area (Å²) in [6.07, 6.45) is 0.959. The van der Waals surface area contributed by atoms with E-state index in [0.29, 0.717) is 5.56 Å². The molecule has 5 nitrogen and oxygen atoms in total. The fourth-order valence-corrected chi connectivity index (χ4v) is 1.34. The summed E-state index contributed by atoms with van der Waals surface area (Å²) in [7, 11) is 0. The molecule has 5 heteroatoms. The van der Waals surface area contributed by atoms with Gasteiger partial charge in [-0.05, 0) is 46.2 Å². The number of nitrogens with zero attached hydrogens (tertiary/aromatic N) is 1. The highest BCUT2D eigenvalue weighted by atomic mass is 16.6. The number of aryl methyl sites for hydroxylation is 1. The number of nitrogens with one attached hydrogen (secondary N) is 1. The summed E-state index contributed by atoms with van der Waals surface area (Å²) >= 11 is 0. The van der Waals surface area contributed by atoms with Crippen LogP contribution in [-0.4, -0.2) is 22.5 Å². The fraction of sp³-hybridized carbons (Fsp3) is 0.462. The van der Waals surface area contributed by atoms with E-state index in [1.165, 1.54) is 6.92 Å². The van der Waals surface area contributed by atoms with Gasteiger partial charge in [0, 0.05) is 6.20 Å². The first-order valence-electron chi connectivity index (χ1n) is 5.66. The van der Waals surface area contributed by atoms with Crippen LogP contribution in [0.1, 0.15) is 43.6 Å². The highest BCUT2D eigenvalue weighted by Crippen LogP contribution is 2.16. The van der Waals surface area contributed by atoms with Crippen LogP contribution in [0.25, 0.3) is 0 Å². The molecule has 0 aliphatic carbocycles. The van der Waals surface area contributed by atoms with Crippen molar-refractivity contribution in [1.82, 2.24) is 4.98 Å². The zero-order valence-corrected chi connectivity index (χ0v) is 11.3. The lowest BCUT2D eigenvalue weighted by atomic mass is 10.1. The monoisotopic (exact) mass is 250 g/mol. The molecule has 1 N–H and O–H groups in total. The topological polar surface area (TPSA) is 68.3 Å². The minimum Gasteiger partial charge on any atom is -0.444 e. The van der Waals surface area contributed by atoms with Crippen LogP contribution in [0, 0.1) is 6.92 Å². The number of ketones is 1. The summed E-state index contributed by atoms with van der Waals surface area (Å²) in [5.74, 6) is 0.0691. The Morgan fingerprint density at radius 1 is 1.33 bits per heavy atom. The first kappa shape index (κ1) is 14.2. The second-order valence-electron chi connectivity index (χ2n) is 5.09. The van der Waals surface area contributed by atoms with E-state index in [9.17, 15) is 9.59 Å². The molecule has 0 aromatic carbocycles. The molecule has 0 aliphatic heterocycles. The SMILES string of the molecule is CC(=O)c1cc(C)cnc1NC(=O)OC(C)(C)C. The lowest BCUT2D eigenvalue weighted by molar-refractivity contribution is 0.0635. The molecule has 98 valence electrons. The predicted molar refractivity (Wildman–Crippen MR) is 68.8 cm³/mol. The zero-order chi connectivity index (χ0) is 13.9. The summed E-state index contributed by atoms with van der Waals surface area (Å²) in [6, 6.07) is 1.68. The molecule has 0 saturated heterocycles. The number of pyridine rings is 1. The summed E-state index contributed by atoms with van der Waals surface area (Å²) in [5, 5.41) is 2.48. The molecule has 0 saturated carbocycles. The van der Waals surface area contributed by atoms with Gasteiger partial charge in [-0.1, -0.05) is 0 Å². The van der Waals surface area contributed by atoms with E-state index in [0.717, 1.165) is 5.56 Å². The highest BCUT2D eigenvalue weighted by molar-refractivity contribution is 6.01. The van der Waals surface area contributed by atoms with Crippen LogP contribution >= 0.6 is 0 Å². The third-order valence-electron chi connectivity index (χ3n) is 2.02. The van der Waals surface area contributed by atoms with Crippen molar-refractivity contribution < 1.29 is 14.3 Å². The maximum Gasteiger partial charge on any atom is 0.413 e. The van der Waals surface area contributed by atoms with Crippen molar-refractivity contribution >= 4 is 17.7 Å². The van der Waals surface area contributed by atoms with Crippen LogP contribution in [0.2, 0.25) is 0 Å². The van der Waals surface area contributed by atoms with Gasteiger partial charge in [0.2, 0.25) is 0 Å². The number of carbonyl (C=O) groups is 2. The van der Waals surface area contributed by atoms with Crippen LogP contribution in [0.3, 0.4) is 0 Å². The predicted octanol–water partition coefficient (Wildman–Crippen LogP) is 2.94. The molecule has 1 heterocycles. The standard InChI is InChI=1S/C13H18N2O3/c1-8-6-10(9(2)16)11(14-7-8)15-12(17)18-13(3,4)5/h6-7H,1-5H3,(H,14,15,17). The van der Waals surface area contributed by atoms with Crippen LogP contribution < -0.4 is 5.32 Å². The van der Waals surface area contributed by atoms with Gasteiger partial charge in [0.05, 0.1) is 5.56 Å². The highest BCUT2D eigenvalue weighted by Gasteiger charge is 2.18. The maximum atomic E-state index is 11.6. The Morgan fingerprint density at radius 2 is 1.94 bits per heavy atom. The number of aromatic nitrogens is 1. The summed E-state index contributed by atoms with van der Waals surface area (Å²) in [6.45, 7) is 8.55. The Kier molecular flexibility index (Phi) is 4.06. The second-order valence-corrected chi connectivity index (χ2v) is 5.09. The first-order valence-corrected chi connectivity index (χ1v) is 5.66. The Hall–Kier alpha value is -1.91. The van der Waals surface area contributed by atoms with Gasteiger partial charge in [0.15, 0.2) is 5.78 Å². The third kappa shape index (κ3) is 4.16. The van der Waals surface area contributed by atoms with E-state index in [2.05, 4.69) is 10.3 Å². The molecular weight excluding hydrogens is 232 g/mol. The Labute approximate surface area is 107 Å². The van der Waals surface area contributed by atoms with Gasteiger partial charge >= 0.3 is 6.09 Å². The number of carbonyl (C=O) groups excluding carboxylic acids is 2. The number of anilines is 1. The van der Waals surface area contributed by atoms with Gasteiger partial charge in [-0.3, -0.25) is 10.1 Å². The van der Waals surface area contributed by atoms with Crippen molar-refractivity contribution in [3.8, 4) is 0 Å². The molecule has 1 aromatic rings. The molecule has 18 heavy (non-hydrogen) atoms. The molecule has 0 atom stereocenters. The maximum absolute atomic E-state index is 11.6. The molecule has 1 rings (SSSR count). The average Bonchev–Trinajstić information content (AvgIpc) is 2.17. The number of hydrogen-bond donors (Lipinski definition) is 1. The van der Waals surface area contributed by atoms with E-state index < -0.39 is 11.7 Å². The van der Waals surface area contributed by atoms with Gasteiger partial charge in [0.1, 0.15) is 11.4 Å². The van der Waals surface area contributed by atoms with E-state index in [1.807, 2.05) is 6.92 Å². The van der Waals surface area contributed by atoms with Gasteiger partial charge in [-0.15, -0.1) is 0 Å². The molecule has 0 bridgehead atoms. The second kappa shape index (κ2) is 5.16. The van der Waals surface area contributed by atoms with Crippen molar-refractivity contribution in [2.45, 2.75) is 40.2 Å². The Bertz CT molecular complexity index is 476. The van der Waals surface area contributed by atoms with Crippen LogP contribution in [-0.2, 0) is 4.74 Å². The molecule has 0 unspecified atom stereocenters. The average molecular weight is 250 g/mol. The van der Waals surface area contributed by atoms with Crippen LogP contribution in [0.4, 0.5) is 10.6 Å². The number of ether oxygens (including phenoxy) is 1. The van der Waals surface area contributed by atoms with Crippen molar-refractivity contribution in [2.24, 2.45) is 0 Å². The lowest BCUT2D eigenvalue weighted by Crippen LogP contribution is -2.28. The van der Waals surface area contributed by atoms with E-state index >= 15 is 0 Å². The van der Waals surface area contributed by atoms with Crippen molar-refractivity contribution in [3.05, 3.63) is 23.4 Å². The molecule has 0 spiro atoms. The van der Waals surface area contributed by atoms with Crippen molar-refractivity contribution in [3.63, 3.8) is 0 Å². The molecule has 0 aliphatic rings. The van der Waals surface area contributed by atoms with Crippen molar-refractivity contribution in [2.75, 3.05) is 5.32 Å². The largest absolute Gasteiger partial charge is 0.444 e. The van der Waals surface area contributed by atoms with E-state index in [-0.39, 0.29) is 11.6 Å². The molecular formula is C13H18N2O3. The Balaban J connectivity index is 2.91. The van der Waals surface area contributed by atoms with Crippen LogP contribution in [0.15, 0.2) is 12.3 Å². The quantitative estimate of drug-likeness (QED) is 0.819. The number of amides is 1. The van der Waals surface area contributed by atoms with Gasteiger partial charge in [0.25, 0.3) is 0 Å². The number of Topliss-reactive ketones (excluding diaryl/α,β-unsaturated/α-hetero) is 1. The summed E-state index contributed by atoms with van der Waals surface area (Å²) < 4.78 is 5.11. The van der Waals surface area contributed by atoms with Gasteiger partial charge < -0.3 is 4.74 Å². The minimum absolute atomic E-state index is 0.155. The van der Waals surface area contributed by atoms with E-state index in [1.54, 1.807) is 33.0 Å². The smallest absolute Gasteiger partial charge is 0.413 e. The van der Waals surface area contributed by atoms with Gasteiger partial charge in [-0.25, -0.2) is 9.78 Å². The summed E-state index contributed by atoms with van der Waals surface area (Å²) in [5.41, 5.74) is 0.640. The first-order chi connectivity index (χ1) is 8.19. The molecule has 1 aromatic heterocycles. The normalized spacial score (nSPS) is 10.9. The minimum atomic E-state index is -0.624. The summed E-state index contributed by atoms with van der Waals surface area (Å²) in [4.78, 5) is 27.1. The van der Waals surface area contributed by atoms with Crippen LogP contribution in [0.5, 0.6) is 0 Å². The van der Waals surface area contributed by atoms with Crippen molar-refractivity contribution in [1.29, 1.82) is 0 Å². The molecule has 0 radical (unpaired) electrons. The molecule has 1 amide bonds.